The fourth-order valence-electron chi connectivity index (χ4n) is 14.5. The average molecular weight is 736 g/mol. The van der Waals surface area contributed by atoms with Crippen molar-refractivity contribution >= 4 is 17.1 Å². The Bertz CT molecular complexity index is 2210. The number of nitrogens with zero attached hydrogens (tertiary/aromatic N) is 1. The van der Waals surface area contributed by atoms with Crippen LogP contribution in [0.2, 0.25) is 0 Å². The summed E-state index contributed by atoms with van der Waals surface area (Å²) in [6.07, 6.45) is 17.1. The van der Waals surface area contributed by atoms with Gasteiger partial charge in [0.2, 0.25) is 0 Å². The molecule has 56 heavy (non-hydrogen) atoms. The highest BCUT2D eigenvalue weighted by atomic mass is 15.1. The maximum absolute atomic E-state index is 2.65. The molecule has 6 bridgehead atoms. The molecule has 12 rings (SSSR count). The maximum atomic E-state index is 2.65. The summed E-state index contributed by atoms with van der Waals surface area (Å²) in [5.41, 5.74) is 15.8. The molecule has 0 amide bonds. The summed E-state index contributed by atoms with van der Waals surface area (Å²) in [7, 11) is 0. The SMILES string of the molecule is CCC1CC2CC(C1)CC(C)(c1ccc3c(c1)C(C)(C)c1cc(N(c4ccc(-c5ccccc5)cc4)c4ccc(C56CC7CC(CC(C7)C5)C6)cc4)ccc1-3)C2. The number of rotatable bonds is 7. The molecule has 2 unspecified atom stereocenters. The molecule has 0 aliphatic heterocycles. The minimum Gasteiger partial charge on any atom is -0.310 e. The monoisotopic (exact) mass is 735 g/mol. The van der Waals surface area contributed by atoms with Gasteiger partial charge in [-0.05, 0) is 198 Å². The standard InChI is InChI=1S/C55H61N/c1-5-36-23-37-25-38(24-36)32-54(4,31-37)45-15-21-49-50-22-20-48(30-52(50)53(2,3)51(49)29-45)56(46-16-11-43(12-17-46)42-9-7-6-8-10-42)47-18-13-44(14-19-47)55-33-39-26-40(34-55)28-41(27-39)35-55/h6-22,29-30,36-41H,5,23-28,31-35H2,1-4H3. The number of hydrogen-bond donors (Lipinski definition) is 0. The van der Waals surface area contributed by atoms with Crippen molar-refractivity contribution in [1.29, 1.82) is 0 Å². The lowest BCUT2D eigenvalue weighted by Crippen LogP contribution is -2.48. The molecule has 2 atom stereocenters. The van der Waals surface area contributed by atoms with Crippen LogP contribution >= 0.6 is 0 Å². The van der Waals surface area contributed by atoms with E-state index in [2.05, 4.69) is 148 Å². The average Bonchev–Trinajstić information content (AvgIpc) is 3.43. The zero-order chi connectivity index (χ0) is 37.8. The molecule has 1 nitrogen and oxygen atoms in total. The second-order valence-corrected chi connectivity index (χ2v) is 20.8. The van der Waals surface area contributed by atoms with Crippen molar-refractivity contribution < 1.29 is 0 Å². The zero-order valence-corrected chi connectivity index (χ0v) is 34.4. The van der Waals surface area contributed by atoms with Crippen molar-refractivity contribution in [2.24, 2.45) is 35.5 Å². The first kappa shape index (κ1) is 35.1. The largest absolute Gasteiger partial charge is 0.310 e. The van der Waals surface area contributed by atoms with Crippen LogP contribution in [0.4, 0.5) is 17.1 Å². The molecular weight excluding hydrogens is 675 g/mol. The van der Waals surface area contributed by atoms with E-state index in [-0.39, 0.29) is 10.8 Å². The lowest BCUT2D eigenvalue weighted by Gasteiger charge is -2.57. The Morgan fingerprint density at radius 2 is 0.964 bits per heavy atom. The van der Waals surface area contributed by atoms with Gasteiger partial charge >= 0.3 is 0 Å². The molecule has 0 aromatic heterocycles. The van der Waals surface area contributed by atoms with E-state index in [9.17, 15) is 0 Å². The Hall–Kier alpha value is -4.10. The first-order valence-corrected chi connectivity index (χ1v) is 22.5. The molecule has 0 N–H and O–H groups in total. The van der Waals surface area contributed by atoms with Gasteiger partial charge in [0.05, 0.1) is 0 Å². The lowest BCUT2D eigenvalue weighted by molar-refractivity contribution is -0.00518. The van der Waals surface area contributed by atoms with Gasteiger partial charge in [-0.15, -0.1) is 0 Å². The summed E-state index contributed by atoms with van der Waals surface area (Å²) in [6, 6.07) is 45.0. The van der Waals surface area contributed by atoms with Crippen molar-refractivity contribution in [3.63, 3.8) is 0 Å². The quantitative estimate of drug-likeness (QED) is 0.161. The predicted molar refractivity (Wildman–Crippen MR) is 235 cm³/mol. The Balaban J connectivity index is 0.951. The van der Waals surface area contributed by atoms with E-state index in [0.717, 1.165) is 35.5 Å². The third kappa shape index (κ3) is 5.68. The second-order valence-electron chi connectivity index (χ2n) is 20.8. The highest BCUT2D eigenvalue weighted by molar-refractivity contribution is 5.86. The smallest absolute Gasteiger partial charge is 0.0465 e. The molecule has 6 saturated carbocycles. The minimum absolute atomic E-state index is 0.0733. The maximum Gasteiger partial charge on any atom is 0.0465 e. The predicted octanol–water partition coefficient (Wildman–Crippen LogP) is 15.1. The minimum atomic E-state index is -0.0733. The van der Waals surface area contributed by atoms with Crippen molar-refractivity contribution in [1.82, 2.24) is 0 Å². The lowest BCUT2D eigenvalue weighted by atomic mass is 9.48. The summed E-state index contributed by atoms with van der Waals surface area (Å²) in [5, 5.41) is 0. The Labute approximate surface area is 337 Å². The molecule has 6 fully saturated rings. The van der Waals surface area contributed by atoms with Gasteiger partial charge in [0.15, 0.2) is 0 Å². The van der Waals surface area contributed by atoms with Crippen LogP contribution in [0.1, 0.15) is 127 Å². The first-order valence-electron chi connectivity index (χ1n) is 22.5. The summed E-state index contributed by atoms with van der Waals surface area (Å²) in [4.78, 5) is 2.52. The van der Waals surface area contributed by atoms with Gasteiger partial charge in [-0.25, -0.2) is 0 Å². The summed E-state index contributed by atoms with van der Waals surface area (Å²) < 4.78 is 0. The van der Waals surface area contributed by atoms with Crippen LogP contribution in [-0.2, 0) is 16.2 Å². The topological polar surface area (TPSA) is 3.24 Å². The Morgan fingerprint density at radius 1 is 0.482 bits per heavy atom. The molecule has 7 aliphatic carbocycles. The summed E-state index contributed by atoms with van der Waals surface area (Å²) in [6.45, 7) is 9.97. The van der Waals surface area contributed by atoms with E-state index in [1.807, 2.05) is 0 Å². The van der Waals surface area contributed by atoms with Crippen LogP contribution in [-0.4, -0.2) is 0 Å². The van der Waals surface area contributed by atoms with Gasteiger partial charge < -0.3 is 4.90 Å². The fraction of sp³-hybridized carbons (Fsp3) is 0.455. The van der Waals surface area contributed by atoms with Crippen molar-refractivity contribution in [3.8, 4) is 22.3 Å². The van der Waals surface area contributed by atoms with Gasteiger partial charge in [0.25, 0.3) is 0 Å². The van der Waals surface area contributed by atoms with Gasteiger partial charge in [0, 0.05) is 22.5 Å². The van der Waals surface area contributed by atoms with Crippen molar-refractivity contribution in [2.75, 3.05) is 4.90 Å². The van der Waals surface area contributed by atoms with Gasteiger partial charge in [-0.1, -0.05) is 113 Å². The third-order valence-corrected chi connectivity index (χ3v) is 16.7. The van der Waals surface area contributed by atoms with Crippen LogP contribution in [0.3, 0.4) is 0 Å². The molecule has 0 saturated heterocycles. The second kappa shape index (κ2) is 13.0. The number of hydrogen-bond acceptors (Lipinski definition) is 1. The summed E-state index contributed by atoms with van der Waals surface area (Å²) in [5.74, 6) is 5.60. The van der Waals surface area contributed by atoms with Gasteiger partial charge in [0.1, 0.15) is 0 Å². The van der Waals surface area contributed by atoms with Crippen molar-refractivity contribution in [2.45, 2.75) is 121 Å². The van der Waals surface area contributed by atoms with E-state index in [1.165, 1.54) is 127 Å². The number of benzene rings is 5. The van der Waals surface area contributed by atoms with Crippen LogP contribution in [0, 0.1) is 35.5 Å². The number of fused-ring (bicyclic) bond motifs is 5. The summed E-state index contributed by atoms with van der Waals surface area (Å²) >= 11 is 0. The normalized spacial score (nSPS) is 31.9. The molecule has 0 heterocycles. The highest BCUT2D eigenvalue weighted by Crippen LogP contribution is 2.61. The molecule has 1 heteroatoms. The van der Waals surface area contributed by atoms with Gasteiger partial charge in [-0.2, -0.15) is 0 Å². The molecule has 5 aromatic rings. The van der Waals surface area contributed by atoms with E-state index in [4.69, 9.17) is 0 Å². The van der Waals surface area contributed by atoms with Gasteiger partial charge in [-0.3, -0.25) is 0 Å². The number of anilines is 3. The first-order chi connectivity index (χ1) is 27.2. The van der Waals surface area contributed by atoms with Crippen LogP contribution in [0.15, 0.2) is 115 Å². The van der Waals surface area contributed by atoms with E-state index >= 15 is 0 Å². The molecule has 0 radical (unpaired) electrons. The molecule has 286 valence electrons. The van der Waals surface area contributed by atoms with Crippen LogP contribution in [0.5, 0.6) is 0 Å². The van der Waals surface area contributed by atoms with Crippen LogP contribution in [0.25, 0.3) is 22.3 Å². The van der Waals surface area contributed by atoms with Crippen molar-refractivity contribution in [3.05, 3.63) is 138 Å². The van der Waals surface area contributed by atoms with Crippen LogP contribution < -0.4 is 4.90 Å². The zero-order valence-electron chi connectivity index (χ0n) is 34.4. The third-order valence-electron chi connectivity index (χ3n) is 16.7. The molecule has 7 aliphatic rings. The van der Waals surface area contributed by atoms with E-state index < -0.39 is 0 Å². The highest BCUT2D eigenvalue weighted by Gasteiger charge is 2.51. The Kier molecular flexibility index (Phi) is 8.12. The van der Waals surface area contributed by atoms with E-state index in [1.54, 1.807) is 11.1 Å². The fourth-order valence-corrected chi connectivity index (χ4v) is 14.5. The molecule has 5 aromatic carbocycles. The van der Waals surface area contributed by atoms with E-state index in [0.29, 0.717) is 5.41 Å². The Morgan fingerprint density at radius 3 is 1.55 bits per heavy atom. The molecular formula is C55H61N. The molecule has 0 spiro atoms.